The highest BCUT2D eigenvalue weighted by atomic mass is 35.5. The number of methoxy groups -OCH3 is 1. The molecule has 2 saturated heterocycles. The first-order valence-electron chi connectivity index (χ1n) is 11.8. The Labute approximate surface area is 201 Å². The number of nitrogens with zero attached hydrogens (tertiary/aromatic N) is 5. The maximum absolute atomic E-state index is 6.75. The minimum absolute atomic E-state index is 0.320. The molecule has 0 bridgehead atoms. The molecule has 5 rings (SSSR count). The van der Waals surface area contributed by atoms with Gasteiger partial charge in [-0.3, -0.25) is 14.6 Å². The van der Waals surface area contributed by atoms with Crippen molar-refractivity contribution in [3.63, 3.8) is 0 Å². The summed E-state index contributed by atoms with van der Waals surface area (Å²) < 4.78 is 7.19. The topological polar surface area (TPSA) is 46.4 Å². The highest BCUT2D eigenvalue weighted by Gasteiger charge is 2.43. The van der Waals surface area contributed by atoms with Crippen LogP contribution in [0.5, 0.6) is 0 Å². The lowest BCUT2D eigenvalue weighted by Gasteiger charge is -2.46. The maximum Gasteiger partial charge on any atom is 0.0829 e. The van der Waals surface area contributed by atoms with Gasteiger partial charge < -0.3 is 9.64 Å². The lowest BCUT2D eigenvalue weighted by Crippen LogP contribution is -2.53. The van der Waals surface area contributed by atoms with Gasteiger partial charge in [-0.15, -0.1) is 0 Å². The van der Waals surface area contributed by atoms with E-state index in [0.29, 0.717) is 5.54 Å². The molecule has 1 aromatic carbocycles. The molecule has 0 atom stereocenters. The van der Waals surface area contributed by atoms with Crippen LogP contribution in [-0.4, -0.2) is 65.1 Å². The van der Waals surface area contributed by atoms with Crippen LogP contribution in [0.25, 0.3) is 22.3 Å². The molecule has 3 aromatic rings. The van der Waals surface area contributed by atoms with E-state index >= 15 is 0 Å². The number of ether oxygens (including phenoxy) is 1. The first-order valence-corrected chi connectivity index (χ1v) is 12.2. The summed E-state index contributed by atoms with van der Waals surface area (Å²) in [4.78, 5) is 9.55. The number of aryl methyl sites for hydroxylation is 1. The molecule has 174 valence electrons. The fourth-order valence-electron chi connectivity index (χ4n) is 5.63. The monoisotopic (exact) mass is 465 g/mol. The first kappa shape index (κ1) is 22.4. The Hall–Kier alpha value is -2.41. The molecule has 7 heteroatoms. The Morgan fingerprint density at radius 2 is 1.73 bits per heavy atom. The predicted octanol–water partition coefficient (Wildman–Crippen LogP) is 4.88. The second-order valence-corrected chi connectivity index (χ2v) is 9.70. The molecule has 0 N–H and O–H groups in total. The molecule has 0 amide bonds. The fourth-order valence-corrected chi connectivity index (χ4v) is 5.91. The summed E-state index contributed by atoms with van der Waals surface area (Å²) in [7, 11) is 3.73. The summed E-state index contributed by atoms with van der Waals surface area (Å²) in [5.41, 5.74) is 5.93. The number of aromatic nitrogens is 3. The Kier molecular flexibility index (Phi) is 6.41. The Bertz CT molecular complexity index is 1090. The van der Waals surface area contributed by atoms with Gasteiger partial charge in [-0.1, -0.05) is 35.9 Å². The van der Waals surface area contributed by atoms with Gasteiger partial charge in [-0.25, -0.2) is 0 Å². The molecule has 2 fully saturated rings. The van der Waals surface area contributed by atoms with Gasteiger partial charge in [0, 0.05) is 69.0 Å². The Morgan fingerprint density at radius 1 is 0.970 bits per heavy atom. The second kappa shape index (κ2) is 9.45. The van der Waals surface area contributed by atoms with Crippen LogP contribution >= 0.6 is 11.6 Å². The molecular formula is C26H32ClN5O. The SMILES string of the molecule is COCCN1CCCC12CCN(c1c(Cl)cncc1-c1ccc(-c3cnn(C)c3)cc1)CC2. The van der Waals surface area contributed by atoms with E-state index in [1.165, 1.54) is 19.4 Å². The van der Waals surface area contributed by atoms with E-state index in [4.69, 9.17) is 16.3 Å². The van der Waals surface area contributed by atoms with Gasteiger partial charge in [0.05, 0.1) is 23.5 Å². The van der Waals surface area contributed by atoms with Crippen molar-refractivity contribution in [3.8, 4) is 22.3 Å². The van der Waals surface area contributed by atoms with Crippen molar-refractivity contribution < 1.29 is 4.74 Å². The molecule has 2 aromatic heterocycles. The average Bonchev–Trinajstić information content (AvgIpc) is 3.44. The molecule has 2 aliphatic rings. The summed E-state index contributed by atoms with van der Waals surface area (Å²) in [6.07, 6.45) is 12.5. The molecule has 0 saturated carbocycles. The van der Waals surface area contributed by atoms with Gasteiger partial charge in [-0.05, 0) is 43.4 Å². The van der Waals surface area contributed by atoms with Crippen LogP contribution in [0.3, 0.4) is 0 Å². The third kappa shape index (κ3) is 4.39. The quantitative estimate of drug-likeness (QED) is 0.519. The zero-order valence-electron chi connectivity index (χ0n) is 19.5. The molecular weight excluding hydrogens is 434 g/mol. The van der Waals surface area contributed by atoms with Crippen LogP contribution in [0.1, 0.15) is 25.7 Å². The predicted molar refractivity (Wildman–Crippen MR) is 134 cm³/mol. The van der Waals surface area contributed by atoms with E-state index in [9.17, 15) is 0 Å². The second-order valence-electron chi connectivity index (χ2n) is 9.29. The lowest BCUT2D eigenvalue weighted by molar-refractivity contribution is 0.0720. The normalized spacial score (nSPS) is 18.3. The zero-order chi connectivity index (χ0) is 22.8. The summed E-state index contributed by atoms with van der Waals surface area (Å²) in [6, 6.07) is 8.62. The molecule has 0 radical (unpaired) electrons. The van der Waals surface area contributed by atoms with Crippen molar-refractivity contribution in [3.05, 3.63) is 54.1 Å². The molecule has 6 nitrogen and oxygen atoms in total. The van der Waals surface area contributed by atoms with Crippen LogP contribution in [0.2, 0.25) is 5.02 Å². The van der Waals surface area contributed by atoms with Crippen molar-refractivity contribution >= 4 is 17.3 Å². The van der Waals surface area contributed by atoms with Gasteiger partial charge in [0.25, 0.3) is 0 Å². The van der Waals surface area contributed by atoms with Gasteiger partial charge in [0.15, 0.2) is 0 Å². The van der Waals surface area contributed by atoms with Gasteiger partial charge in [-0.2, -0.15) is 5.10 Å². The fraction of sp³-hybridized carbons (Fsp3) is 0.462. The largest absolute Gasteiger partial charge is 0.383 e. The molecule has 4 heterocycles. The number of likely N-dealkylation sites (tertiary alicyclic amines) is 1. The van der Waals surface area contributed by atoms with Crippen molar-refractivity contribution in [2.24, 2.45) is 7.05 Å². The van der Waals surface area contributed by atoms with Crippen LogP contribution in [0, 0.1) is 0 Å². The smallest absolute Gasteiger partial charge is 0.0829 e. The van der Waals surface area contributed by atoms with Gasteiger partial charge >= 0.3 is 0 Å². The number of hydrogen-bond acceptors (Lipinski definition) is 5. The molecule has 33 heavy (non-hydrogen) atoms. The van der Waals surface area contributed by atoms with Crippen LogP contribution in [-0.2, 0) is 11.8 Å². The zero-order valence-corrected chi connectivity index (χ0v) is 20.3. The third-order valence-corrected chi connectivity index (χ3v) is 7.70. The highest BCUT2D eigenvalue weighted by molar-refractivity contribution is 6.33. The van der Waals surface area contributed by atoms with E-state index < -0.39 is 0 Å². The number of benzene rings is 1. The average molecular weight is 466 g/mol. The highest BCUT2D eigenvalue weighted by Crippen LogP contribution is 2.43. The van der Waals surface area contributed by atoms with E-state index in [1.54, 1.807) is 13.3 Å². The Morgan fingerprint density at radius 3 is 2.42 bits per heavy atom. The Balaban J connectivity index is 1.37. The molecule has 0 aliphatic carbocycles. The number of piperidine rings is 1. The van der Waals surface area contributed by atoms with E-state index in [0.717, 1.165) is 72.0 Å². The summed E-state index contributed by atoms with van der Waals surface area (Å²) in [6.45, 7) is 5.04. The first-order chi connectivity index (χ1) is 16.1. The number of rotatable bonds is 6. The van der Waals surface area contributed by atoms with Crippen molar-refractivity contribution in [2.45, 2.75) is 31.2 Å². The lowest BCUT2D eigenvalue weighted by atomic mass is 9.84. The summed E-state index contributed by atoms with van der Waals surface area (Å²) in [5, 5.41) is 5.01. The molecule has 0 unspecified atom stereocenters. The van der Waals surface area contributed by atoms with Crippen LogP contribution in [0.15, 0.2) is 49.1 Å². The van der Waals surface area contributed by atoms with E-state index in [1.807, 2.05) is 30.3 Å². The number of anilines is 1. The van der Waals surface area contributed by atoms with Crippen LogP contribution in [0.4, 0.5) is 5.69 Å². The summed E-state index contributed by atoms with van der Waals surface area (Å²) >= 11 is 6.75. The van der Waals surface area contributed by atoms with Crippen molar-refractivity contribution in [2.75, 3.05) is 44.8 Å². The van der Waals surface area contributed by atoms with Crippen molar-refractivity contribution in [1.82, 2.24) is 19.7 Å². The minimum atomic E-state index is 0.320. The van der Waals surface area contributed by atoms with E-state index in [-0.39, 0.29) is 0 Å². The van der Waals surface area contributed by atoms with E-state index in [2.05, 4.69) is 44.1 Å². The number of halogens is 1. The number of hydrogen-bond donors (Lipinski definition) is 0. The van der Waals surface area contributed by atoms with Crippen molar-refractivity contribution in [1.29, 1.82) is 0 Å². The number of pyridine rings is 1. The maximum atomic E-state index is 6.75. The summed E-state index contributed by atoms with van der Waals surface area (Å²) in [5.74, 6) is 0. The minimum Gasteiger partial charge on any atom is -0.383 e. The molecule has 2 aliphatic heterocycles. The third-order valence-electron chi connectivity index (χ3n) is 7.42. The standard InChI is InChI=1S/C26H32ClN5O/c1-30-19-22(16-29-30)20-4-6-21(7-5-20)23-17-28-18-24(27)25(23)31-12-9-26(10-13-31)8-3-11-32(26)14-15-33-2/h4-7,16-19H,3,8-15H2,1-2H3. The van der Waals surface area contributed by atoms with Crippen LogP contribution < -0.4 is 4.90 Å². The van der Waals surface area contributed by atoms with Gasteiger partial charge in [0.2, 0.25) is 0 Å². The van der Waals surface area contributed by atoms with Gasteiger partial charge in [0.1, 0.15) is 0 Å². The molecule has 1 spiro atoms.